The fourth-order valence-electron chi connectivity index (χ4n) is 4.79. The second kappa shape index (κ2) is 14.8. The highest BCUT2D eigenvalue weighted by molar-refractivity contribution is 5.00. The normalized spacial score (nSPS) is 28.2. The molecule has 0 bridgehead atoms. The summed E-state index contributed by atoms with van der Waals surface area (Å²) in [6.07, 6.45) is 16.7. The van der Waals surface area contributed by atoms with Gasteiger partial charge in [0.1, 0.15) is 18.3 Å². The number of ether oxygens (including phenoxy) is 3. The highest BCUT2D eigenvalue weighted by atomic mass is 16.8. The van der Waals surface area contributed by atoms with Crippen LogP contribution in [0.4, 0.5) is 0 Å². The Morgan fingerprint density at radius 1 is 0.806 bits per heavy atom. The zero-order valence-corrected chi connectivity index (χ0v) is 20.3. The average Bonchev–Trinajstić information content (AvgIpc) is 3.22. The van der Waals surface area contributed by atoms with Crippen molar-refractivity contribution < 1.29 is 24.4 Å². The summed E-state index contributed by atoms with van der Waals surface area (Å²) in [7, 11) is 0. The van der Waals surface area contributed by atoms with Gasteiger partial charge in [0.15, 0.2) is 12.1 Å². The number of nitrogens with one attached hydrogen (secondary N) is 1. The monoisotopic (exact) mass is 443 g/mol. The van der Waals surface area contributed by atoms with Crippen molar-refractivity contribution >= 4 is 0 Å². The Labute approximate surface area is 190 Å². The lowest BCUT2D eigenvalue weighted by atomic mass is 10.0. The van der Waals surface area contributed by atoms with Crippen molar-refractivity contribution in [2.45, 2.75) is 147 Å². The molecule has 6 nitrogen and oxygen atoms in total. The second-order valence-electron chi connectivity index (χ2n) is 9.90. The summed E-state index contributed by atoms with van der Waals surface area (Å²) in [4.78, 5) is 0. The topological polar surface area (TPSA) is 80.2 Å². The Balaban J connectivity index is 1.48. The van der Waals surface area contributed by atoms with Crippen molar-refractivity contribution in [2.24, 2.45) is 0 Å². The van der Waals surface area contributed by atoms with Gasteiger partial charge in [-0.25, -0.2) is 0 Å². The number of unbranched alkanes of at least 4 members (excludes halogenated alkanes) is 13. The van der Waals surface area contributed by atoms with E-state index in [4.69, 9.17) is 14.2 Å². The van der Waals surface area contributed by atoms with Crippen LogP contribution in [0.2, 0.25) is 0 Å². The molecule has 2 heterocycles. The summed E-state index contributed by atoms with van der Waals surface area (Å²) in [6.45, 7) is 6.54. The summed E-state index contributed by atoms with van der Waals surface area (Å²) >= 11 is 0. The first-order chi connectivity index (χ1) is 15.0. The molecule has 0 aromatic heterocycles. The van der Waals surface area contributed by atoms with Crippen molar-refractivity contribution in [3.05, 3.63) is 0 Å². The summed E-state index contributed by atoms with van der Waals surface area (Å²) in [5, 5.41) is 23.0. The molecule has 184 valence electrons. The van der Waals surface area contributed by atoms with Gasteiger partial charge in [0, 0.05) is 0 Å². The maximum atomic E-state index is 10.1. The molecule has 0 amide bonds. The smallest absolute Gasteiger partial charge is 0.189 e. The van der Waals surface area contributed by atoms with Crippen LogP contribution in [0.3, 0.4) is 0 Å². The number of rotatable bonds is 18. The number of hydrogen-bond donors (Lipinski definition) is 3. The molecule has 0 aromatic rings. The zero-order valence-electron chi connectivity index (χ0n) is 20.3. The number of aliphatic hydroxyl groups excluding tert-OH is 2. The van der Waals surface area contributed by atoms with Crippen LogP contribution in [0.15, 0.2) is 0 Å². The second-order valence-corrected chi connectivity index (χ2v) is 9.90. The van der Waals surface area contributed by atoms with Crippen LogP contribution in [0.5, 0.6) is 0 Å². The molecular formula is C25H49NO5. The van der Waals surface area contributed by atoms with E-state index < -0.39 is 24.3 Å². The third-order valence-electron chi connectivity index (χ3n) is 6.56. The van der Waals surface area contributed by atoms with Crippen LogP contribution in [0.1, 0.15) is 111 Å². The van der Waals surface area contributed by atoms with Crippen LogP contribution in [-0.4, -0.2) is 59.8 Å². The van der Waals surface area contributed by atoms with Gasteiger partial charge in [0.2, 0.25) is 0 Å². The molecule has 31 heavy (non-hydrogen) atoms. The van der Waals surface area contributed by atoms with E-state index in [0.29, 0.717) is 0 Å². The third-order valence-corrected chi connectivity index (χ3v) is 6.56. The van der Waals surface area contributed by atoms with E-state index in [9.17, 15) is 10.2 Å². The fraction of sp³-hybridized carbons (Fsp3) is 1.00. The van der Waals surface area contributed by atoms with Gasteiger partial charge in [-0.1, -0.05) is 90.4 Å². The summed E-state index contributed by atoms with van der Waals surface area (Å²) in [6, 6.07) is -0.170. The van der Waals surface area contributed by atoms with Crippen molar-refractivity contribution in [3.8, 4) is 0 Å². The fourth-order valence-corrected chi connectivity index (χ4v) is 4.79. The highest BCUT2D eigenvalue weighted by Gasteiger charge is 2.55. The molecule has 0 saturated carbocycles. The SMILES string of the molecule is CCCCCCCCCCCCCCCCN[C@H]1[C@H]2OC(C)(C)O[C@H]2O[C@@H]1[C@H](O)CO. The molecule has 2 aliphatic heterocycles. The van der Waals surface area contributed by atoms with Gasteiger partial charge in [-0.15, -0.1) is 0 Å². The predicted molar refractivity (Wildman–Crippen MR) is 124 cm³/mol. The van der Waals surface area contributed by atoms with E-state index in [1.165, 1.54) is 83.5 Å². The van der Waals surface area contributed by atoms with Gasteiger partial charge in [0.25, 0.3) is 0 Å². The Kier molecular flexibility index (Phi) is 12.9. The van der Waals surface area contributed by atoms with Crippen molar-refractivity contribution in [1.82, 2.24) is 5.32 Å². The summed E-state index contributed by atoms with van der Waals surface area (Å²) in [5.74, 6) is -0.681. The van der Waals surface area contributed by atoms with E-state index in [2.05, 4.69) is 12.2 Å². The van der Waals surface area contributed by atoms with Gasteiger partial charge in [0.05, 0.1) is 12.6 Å². The number of aliphatic hydroxyl groups is 2. The van der Waals surface area contributed by atoms with Crippen molar-refractivity contribution in [3.63, 3.8) is 0 Å². The van der Waals surface area contributed by atoms with E-state index in [-0.39, 0.29) is 18.8 Å². The molecule has 5 atom stereocenters. The standard InChI is InChI=1S/C25H49NO5/c1-4-5-6-7-8-9-10-11-12-13-14-15-16-17-18-26-21-22(20(28)19-27)29-24-23(21)30-25(2,3)31-24/h20-24,26-28H,4-19H2,1-3H3/t20-,21-,22-,23-,24-/m1/s1. The van der Waals surface area contributed by atoms with Gasteiger partial charge in [-0.05, 0) is 26.8 Å². The highest BCUT2D eigenvalue weighted by Crippen LogP contribution is 2.38. The van der Waals surface area contributed by atoms with E-state index in [0.717, 1.165) is 13.0 Å². The number of hydrogen-bond acceptors (Lipinski definition) is 6. The molecule has 0 unspecified atom stereocenters. The predicted octanol–water partition coefficient (Wildman–Crippen LogP) is 4.66. The quantitative estimate of drug-likeness (QED) is 0.268. The Bertz CT molecular complexity index is 461. The Morgan fingerprint density at radius 2 is 1.32 bits per heavy atom. The molecule has 0 radical (unpaired) electrons. The molecule has 2 rings (SSSR count). The first kappa shape index (κ1) is 27.0. The number of fused-ring (bicyclic) bond motifs is 1. The molecule has 0 spiro atoms. The van der Waals surface area contributed by atoms with Crippen LogP contribution in [0, 0.1) is 0 Å². The minimum absolute atomic E-state index is 0.170. The molecule has 2 saturated heterocycles. The lowest BCUT2D eigenvalue weighted by Gasteiger charge is -2.28. The lowest BCUT2D eigenvalue weighted by Crippen LogP contribution is -2.50. The molecule has 0 aromatic carbocycles. The minimum Gasteiger partial charge on any atom is -0.394 e. The van der Waals surface area contributed by atoms with Gasteiger partial charge < -0.3 is 29.7 Å². The maximum absolute atomic E-state index is 10.1. The van der Waals surface area contributed by atoms with Gasteiger partial charge in [-0.2, -0.15) is 0 Å². The molecular weight excluding hydrogens is 394 g/mol. The molecule has 6 heteroatoms. The van der Waals surface area contributed by atoms with Gasteiger partial charge in [-0.3, -0.25) is 0 Å². The average molecular weight is 444 g/mol. The Hall–Kier alpha value is -0.240. The maximum Gasteiger partial charge on any atom is 0.189 e. The van der Waals surface area contributed by atoms with Crippen LogP contribution in [-0.2, 0) is 14.2 Å². The third kappa shape index (κ3) is 9.65. The van der Waals surface area contributed by atoms with Crippen molar-refractivity contribution in [1.29, 1.82) is 0 Å². The lowest BCUT2D eigenvalue weighted by molar-refractivity contribution is -0.218. The van der Waals surface area contributed by atoms with Gasteiger partial charge >= 0.3 is 0 Å². The molecule has 3 N–H and O–H groups in total. The first-order valence-corrected chi connectivity index (χ1v) is 13.0. The van der Waals surface area contributed by atoms with E-state index in [1.807, 2.05) is 13.8 Å². The molecule has 0 aliphatic carbocycles. The van der Waals surface area contributed by atoms with E-state index in [1.54, 1.807) is 0 Å². The Morgan fingerprint density at radius 3 is 1.84 bits per heavy atom. The molecule has 2 aliphatic rings. The minimum atomic E-state index is -0.935. The van der Waals surface area contributed by atoms with Crippen LogP contribution < -0.4 is 5.32 Å². The molecule has 2 fully saturated rings. The zero-order chi connectivity index (χ0) is 22.5. The van der Waals surface area contributed by atoms with Crippen LogP contribution >= 0.6 is 0 Å². The van der Waals surface area contributed by atoms with Crippen molar-refractivity contribution in [2.75, 3.05) is 13.2 Å². The van der Waals surface area contributed by atoms with Crippen LogP contribution in [0.25, 0.3) is 0 Å². The largest absolute Gasteiger partial charge is 0.394 e. The van der Waals surface area contributed by atoms with E-state index >= 15 is 0 Å². The summed E-state index contributed by atoms with van der Waals surface area (Å²) in [5.41, 5.74) is 0. The summed E-state index contributed by atoms with van der Waals surface area (Å²) < 4.78 is 17.6. The first-order valence-electron chi connectivity index (χ1n) is 13.0.